The zero-order chi connectivity index (χ0) is 21.3. The lowest BCUT2D eigenvalue weighted by Gasteiger charge is -2.35. The van der Waals surface area contributed by atoms with Crippen LogP contribution in [0.25, 0.3) is 10.9 Å². The molecule has 0 amide bonds. The van der Waals surface area contributed by atoms with Crippen molar-refractivity contribution < 1.29 is 4.74 Å². The Morgan fingerprint density at radius 3 is 2.67 bits per heavy atom. The third kappa shape index (κ3) is 3.77. The van der Waals surface area contributed by atoms with Crippen LogP contribution in [-0.4, -0.2) is 56.4 Å². The highest BCUT2D eigenvalue weighted by atomic mass is 16.5. The van der Waals surface area contributed by atoms with E-state index in [2.05, 4.69) is 65.2 Å². The summed E-state index contributed by atoms with van der Waals surface area (Å²) >= 11 is 0. The van der Waals surface area contributed by atoms with E-state index in [9.17, 15) is 4.79 Å². The molecule has 0 unspecified atom stereocenters. The van der Waals surface area contributed by atoms with Gasteiger partial charge in [0, 0.05) is 24.2 Å². The summed E-state index contributed by atoms with van der Waals surface area (Å²) in [5, 5.41) is 13.7. The van der Waals surface area contributed by atoms with Crippen LogP contribution in [-0.2, 0) is 16.7 Å². The van der Waals surface area contributed by atoms with E-state index in [-0.39, 0.29) is 17.1 Å². The van der Waals surface area contributed by atoms with Gasteiger partial charge in [-0.1, -0.05) is 19.9 Å². The normalized spacial score (nSPS) is 16.8. The molecule has 1 N–H and O–H groups in total. The fraction of sp³-hybridized carbons (Fsp3) is 0.545. The SMILES string of the molecule is CCc1ccc2[nH]c(=O)c([C@@H](c3nnnn3C(C)(C)CC)N3CCOCC3)cc2c1. The number of aromatic amines is 1. The Kier molecular flexibility index (Phi) is 5.71. The zero-order valence-corrected chi connectivity index (χ0v) is 18.2. The number of nitrogens with one attached hydrogen (secondary N) is 1. The molecule has 8 nitrogen and oxygen atoms in total. The van der Waals surface area contributed by atoms with Gasteiger partial charge in [0.25, 0.3) is 5.56 Å². The Morgan fingerprint density at radius 1 is 1.20 bits per heavy atom. The fourth-order valence-corrected chi connectivity index (χ4v) is 3.98. The van der Waals surface area contributed by atoms with Crippen molar-refractivity contribution in [1.29, 1.82) is 0 Å². The Hall–Kier alpha value is -2.58. The number of benzene rings is 1. The van der Waals surface area contributed by atoms with E-state index in [0.29, 0.717) is 24.6 Å². The first kappa shape index (κ1) is 20.7. The summed E-state index contributed by atoms with van der Waals surface area (Å²) in [6.07, 6.45) is 1.81. The molecule has 3 aromatic rings. The summed E-state index contributed by atoms with van der Waals surface area (Å²) < 4.78 is 7.44. The summed E-state index contributed by atoms with van der Waals surface area (Å²) in [6.45, 7) is 11.2. The van der Waals surface area contributed by atoms with Crippen molar-refractivity contribution in [3.63, 3.8) is 0 Å². The topological polar surface area (TPSA) is 88.9 Å². The summed E-state index contributed by atoms with van der Waals surface area (Å²) in [5.74, 6) is 0.695. The molecule has 1 fully saturated rings. The van der Waals surface area contributed by atoms with E-state index in [1.54, 1.807) is 0 Å². The molecule has 1 aliphatic rings. The van der Waals surface area contributed by atoms with Crippen LogP contribution in [0, 0.1) is 0 Å². The standard InChI is InChI=1S/C22H30N6O2/c1-5-15-7-8-18-16(13-15)14-17(21(29)23-18)19(27-9-11-30-12-10-27)20-24-25-26-28(20)22(3,4)6-2/h7-8,13-14,19H,5-6,9-12H2,1-4H3,(H,23,29)/t19-/m0/s1. The summed E-state index contributed by atoms with van der Waals surface area (Å²) in [6, 6.07) is 7.85. The van der Waals surface area contributed by atoms with Crippen LogP contribution in [0.3, 0.4) is 0 Å². The lowest BCUT2D eigenvalue weighted by Crippen LogP contribution is -2.43. The number of nitrogens with zero attached hydrogens (tertiary/aromatic N) is 5. The van der Waals surface area contributed by atoms with Gasteiger partial charge in [0.15, 0.2) is 5.82 Å². The van der Waals surface area contributed by atoms with Crippen LogP contribution in [0.5, 0.6) is 0 Å². The van der Waals surface area contributed by atoms with E-state index in [1.165, 1.54) is 5.56 Å². The van der Waals surface area contributed by atoms with Crippen LogP contribution < -0.4 is 5.56 Å². The maximum absolute atomic E-state index is 13.2. The minimum absolute atomic E-state index is 0.105. The number of pyridine rings is 1. The van der Waals surface area contributed by atoms with Gasteiger partial charge in [-0.15, -0.1) is 5.10 Å². The Balaban J connectivity index is 1.90. The average molecular weight is 411 g/mol. The molecule has 160 valence electrons. The van der Waals surface area contributed by atoms with Gasteiger partial charge in [-0.25, -0.2) is 4.68 Å². The van der Waals surface area contributed by atoms with Crippen molar-refractivity contribution in [2.75, 3.05) is 26.3 Å². The smallest absolute Gasteiger partial charge is 0.253 e. The molecule has 1 aromatic carbocycles. The quantitative estimate of drug-likeness (QED) is 0.672. The molecule has 0 radical (unpaired) electrons. The lowest BCUT2D eigenvalue weighted by molar-refractivity contribution is 0.0204. The van der Waals surface area contributed by atoms with E-state index >= 15 is 0 Å². The second-order valence-corrected chi connectivity index (χ2v) is 8.49. The van der Waals surface area contributed by atoms with Crippen molar-refractivity contribution in [3.05, 3.63) is 51.6 Å². The van der Waals surface area contributed by atoms with Crippen molar-refractivity contribution in [2.45, 2.75) is 52.1 Å². The zero-order valence-electron chi connectivity index (χ0n) is 18.2. The van der Waals surface area contributed by atoms with Gasteiger partial charge in [0.2, 0.25) is 0 Å². The van der Waals surface area contributed by atoms with Crippen molar-refractivity contribution in [2.24, 2.45) is 0 Å². The van der Waals surface area contributed by atoms with Gasteiger partial charge in [0.1, 0.15) is 6.04 Å². The number of ether oxygens (including phenoxy) is 1. The van der Waals surface area contributed by atoms with Crippen LogP contribution in [0.4, 0.5) is 0 Å². The summed E-state index contributed by atoms with van der Waals surface area (Å²) in [5.41, 5.74) is 2.38. The Bertz CT molecular complexity index is 1080. The van der Waals surface area contributed by atoms with E-state index in [4.69, 9.17) is 4.74 Å². The highest BCUT2D eigenvalue weighted by Gasteiger charge is 2.34. The van der Waals surface area contributed by atoms with Crippen molar-refractivity contribution in [1.82, 2.24) is 30.1 Å². The second-order valence-electron chi connectivity index (χ2n) is 8.49. The highest BCUT2D eigenvalue weighted by molar-refractivity contribution is 5.80. The number of H-pyrrole nitrogens is 1. The minimum Gasteiger partial charge on any atom is -0.379 e. The van der Waals surface area contributed by atoms with Gasteiger partial charge in [-0.3, -0.25) is 9.69 Å². The molecule has 3 heterocycles. The Labute approximate surface area is 176 Å². The number of hydrogen-bond donors (Lipinski definition) is 1. The highest BCUT2D eigenvalue weighted by Crippen LogP contribution is 2.31. The first-order valence-electron chi connectivity index (χ1n) is 10.7. The molecule has 2 aromatic heterocycles. The number of hydrogen-bond acceptors (Lipinski definition) is 6. The first-order chi connectivity index (χ1) is 14.4. The van der Waals surface area contributed by atoms with Gasteiger partial charge < -0.3 is 9.72 Å². The second kappa shape index (κ2) is 8.28. The van der Waals surface area contributed by atoms with Crippen LogP contribution in [0.1, 0.15) is 57.1 Å². The maximum atomic E-state index is 13.2. The first-order valence-corrected chi connectivity index (χ1v) is 10.7. The van der Waals surface area contributed by atoms with E-state index in [1.807, 2.05) is 16.8 Å². The largest absolute Gasteiger partial charge is 0.379 e. The molecule has 1 saturated heterocycles. The van der Waals surface area contributed by atoms with Crippen LogP contribution in [0.2, 0.25) is 0 Å². The molecule has 1 aliphatic heterocycles. The summed E-state index contributed by atoms with van der Waals surface area (Å²) in [7, 11) is 0. The molecule has 4 rings (SSSR count). The number of aromatic nitrogens is 5. The maximum Gasteiger partial charge on any atom is 0.253 e. The third-order valence-electron chi connectivity index (χ3n) is 6.23. The number of morpholine rings is 1. The number of tetrazole rings is 1. The number of rotatable bonds is 6. The molecule has 0 aliphatic carbocycles. The predicted octanol–water partition coefficient (Wildman–Crippen LogP) is 2.64. The van der Waals surface area contributed by atoms with Gasteiger partial charge in [-0.2, -0.15) is 0 Å². The molecule has 8 heteroatoms. The lowest BCUT2D eigenvalue weighted by atomic mass is 9.98. The van der Waals surface area contributed by atoms with E-state index < -0.39 is 0 Å². The third-order valence-corrected chi connectivity index (χ3v) is 6.23. The van der Waals surface area contributed by atoms with Crippen LogP contribution >= 0.6 is 0 Å². The minimum atomic E-state index is -0.340. The van der Waals surface area contributed by atoms with E-state index in [0.717, 1.165) is 36.8 Å². The Morgan fingerprint density at radius 2 is 1.97 bits per heavy atom. The van der Waals surface area contributed by atoms with Crippen molar-refractivity contribution >= 4 is 10.9 Å². The average Bonchev–Trinajstić information content (AvgIpc) is 3.25. The fourth-order valence-electron chi connectivity index (χ4n) is 3.98. The molecular formula is C22H30N6O2. The van der Waals surface area contributed by atoms with Gasteiger partial charge in [-0.05, 0) is 66.3 Å². The van der Waals surface area contributed by atoms with Gasteiger partial charge >= 0.3 is 0 Å². The molecule has 0 bridgehead atoms. The molecule has 0 spiro atoms. The molecular weight excluding hydrogens is 380 g/mol. The molecule has 1 atom stereocenters. The monoisotopic (exact) mass is 410 g/mol. The molecule has 30 heavy (non-hydrogen) atoms. The number of aryl methyl sites for hydroxylation is 1. The van der Waals surface area contributed by atoms with Gasteiger partial charge in [0.05, 0.1) is 18.8 Å². The number of fused-ring (bicyclic) bond motifs is 1. The van der Waals surface area contributed by atoms with Crippen molar-refractivity contribution in [3.8, 4) is 0 Å². The predicted molar refractivity (Wildman–Crippen MR) is 116 cm³/mol. The molecule has 0 saturated carbocycles. The van der Waals surface area contributed by atoms with Crippen LogP contribution in [0.15, 0.2) is 29.1 Å². The summed E-state index contributed by atoms with van der Waals surface area (Å²) in [4.78, 5) is 18.5.